The molecule has 2 atom stereocenters. The second-order valence-corrected chi connectivity index (χ2v) is 4.44. The monoisotopic (exact) mass is 217 g/mol. The molecule has 0 aliphatic rings. The maximum absolute atomic E-state index is 9.27. The average molecular weight is 217 g/mol. The molecule has 0 aromatic heterocycles. The van der Waals surface area contributed by atoms with Crippen LogP contribution >= 0.6 is 0 Å². The topological polar surface area (TPSA) is 41.5 Å². The van der Waals surface area contributed by atoms with E-state index in [1.54, 1.807) is 0 Å². The van der Waals surface area contributed by atoms with Gasteiger partial charge in [-0.25, -0.2) is 0 Å². The highest BCUT2D eigenvalue weighted by molar-refractivity contribution is 4.81. The first-order valence-electron chi connectivity index (χ1n) is 6.05. The molecule has 15 heavy (non-hydrogen) atoms. The lowest BCUT2D eigenvalue weighted by atomic mass is 9.97. The Bertz CT molecular complexity index is 153. The summed E-state index contributed by atoms with van der Waals surface area (Å²) in [7, 11) is 0. The molecule has 92 valence electrons. The lowest BCUT2D eigenvalue weighted by molar-refractivity contribution is 0.0538. The summed E-state index contributed by atoms with van der Waals surface area (Å²) >= 11 is 0. The molecular weight excluding hydrogens is 190 g/mol. The van der Waals surface area contributed by atoms with Crippen LogP contribution in [0.5, 0.6) is 0 Å². The average Bonchev–Trinajstić information content (AvgIpc) is 2.24. The molecule has 2 unspecified atom stereocenters. The molecule has 0 rings (SSSR count). The van der Waals surface area contributed by atoms with E-state index in [2.05, 4.69) is 33.0 Å². The van der Waals surface area contributed by atoms with Crippen LogP contribution in [0.15, 0.2) is 0 Å². The number of nitrogens with one attached hydrogen (secondary N) is 1. The third-order valence-electron chi connectivity index (χ3n) is 2.80. The van der Waals surface area contributed by atoms with Gasteiger partial charge in [0.1, 0.15) is 0 Å². The maximum atomic E-state index is 9.27. The quantitative estimate of drug-likeness (QED) is 0.580. The third kappa shape index (κ3) is 6.88. The van der Waals surface area contributed by atoms with Crippen molar-refractivity contribution < 1.29 is 9.84 Å². The van der Waals surface area contributed by atoms with Crippen LogP contribution < -0.4 is 5.32 Å². The predicted octanol–water partition coefficient (Wildman–Crippen LogP) is 1.94. The van der Waals surface area contributed by atoms with Gasteiger partial charge in [-0.15, -0.1) is 0 Å². The van der Waals surface area contributed by atoms with Gasteiger partial charge in [0, 0.05) is 12.1 Å². The Morgan fingerprint density at radius 2 is 2.07 bits per heavy atom. The largest absolute Gasteiger partial charge is 0.394 e. The van der Waals surface area contributed by atoms with Crippen LogP contribution in [0.1, 0.15) is 47.0 Å². The number of aliphatic hydroxyl groups is 1. The summed E-state index contributed by atoms with van der Waals surface area (Å²) in [4.78, 5) is 0. The highest BCUT2D eigenvalue weighted by Crippen LogP contribution is 2.12. The number of hydrogen-bond donors (Lipinski definition) is 2. The van der Waals surface area contributed by atoms with Crippen LogP contribution in [0.4, 0.5) is 0 Å². The van der Waals surface area contributed by atoms with E-state index < -0.39 is 0 Å². The summed E-state index contributed by atoms with van der Waals surface area (Å²) in [5.41, 5.74) is -0.145. The standard InChI is InChI=1S/C12H27NO2/c1-5-11(3)15-9-7-8-12(4,10-14)13-6-2/h11,13-14H,5-10H2,1-4H3. The zero-order valence-electron chi connectivity index (χ0n) is 10.7. The van der Waals surface area contributed by atoms with Gasteiger partial charge in [0.15, 0.2) is 0 Å². The van der Waals surface area contributed by atoms with Gasteiger partial charge in [0.05, 0.1) is 12.7 Å². The summed E-state index contributed by atoms with van der Waals surface area (Å²) in [6.07, 6.45) is 3.36. The van der Waals surface area contributed by atoms with Crippen molar-refractivity contribution in [3.8, 4) is 0 Å². The molecular formula is C12H27NO2. The highest BCUT2D eigenvalue weighted by atomic mass is 16.5. The Morgan fingerprint density at radius 1 is 1.40 bits per heavy atom. The Kier molecular flexibility index (Phi) is 8.02. The molecule has 0 heterocycles. The van der Waals surface area contributed by atoms with Crippen molar-refractivity contribution >= 4 is 0 Å². The minimum absolute atomic E-state index is 0.145. The maximum Gasteiger partial charge on any atom is 0.0610 e. The Hall–Kier alpha value is -0.120. The van der Waals surface area contributed by atoms with Crippen molar-refractivity contribution in [2.45, 2.75) is 58.6 Å². The van der Waals surface area contributed by atoms with E-state index in [1.165, 1.54) is 0 Å². The van der Waals surface area contributed by atoms with Crippen LogP contribution in [0.2, 0.25) is 0 Å². The van der Waals surface area contributed by atoms with E-state index in [1.807, 2.05) is 0 Å². The summed E-state index contributed by atoms with van der Waals surface area (Å²) in [6.45, 7) is 10.2. The molecule has 0 saturated carbocycles. The van der Waals surface area contributed by atoms with Gasteiger partial charge in [-0.1, -0.05) is 13.8 Å². The first-order chi connectivity index (χ1) is 7.08. The van der Waals surface area contributed by atoms with Crippen molar-refractivity contribution in [1.82, 2.24) is 5.32 Å². The molecule has 0 aromatic rings. The lowest BCUT2D eigenvalue weighted by Gasteiger charge is -2.28. The zero-order valence-corrected chi connectivity index (χ0v) is 10.7. The summed E-state index contributed by atoms with van der Waals surface area (Å²) in [6, 6.07) is 0. The minimum atomic E-state index is -0.145. The van der Waals surface area contributed by atoms with Crippen LogP contribution in [0, 0.1) is 0 Å². The molecule has 2 N–H and O–H groups in total. The number of ether oxygens (including phenoxy) is 1. The van der Waals surface area contributed by atoms with Gasteiger partial charge in [-0.3, -0.25) is 0 Å². The molecule has 0 saturated heterocycles. The van der Waals surface area contributed by atoms with Gasteiger partial charge in [0.2, 0.25) is 0 Å². The van der Waals surface area contributed by atoms with E-state index in [-0.39, 0.29) is 12.1 Å². The molecule has 3 nitrogen and oxygen atoms in total. The Balaban J connectivity index is 3.63. The number of hydrogen-bond acceptors (Lipinski definition) is 3. The lowest BCUT2D eigenvalue weighted by Crippen LogP contribution is -2.45. The predicted molar refractivity (Wildman–Crippen MR) is 64.1 cm³/mol. The van der Waals surface area contributed by atoms with Crippen LogP contribution in [0.3, 0.4) is 0 Å². The molecule has 0 spiro atoms. The molecule has 0 radical (unpaired) electrons. The second-order valence-electron chi connectivity index (χ2n) is 4.44. The van der Waals surface area contributed by atoms with Crippen LogP contribution in [-0.2, 0) is 4.74 Å². The summed E-state index contributed by atoms with van der Waals surface area (Å²) in [5.74, 6) is 0. The smallest absolute Gasteiger partial charge is 0.0610 e. The van der Waals surface area contributed by atoms with Crippen molar-refractivity contribution in [3.63, 3.8) is 0 Å². The molecule has 3 heteroatoms. The van der Waals surface area contributed by atoms with Crippen LogP contribution in [-0.4, -0.2) is 36.5 Å². The van der Waals surface area contributed by atoms with Crippen molar-refractivity contribution in [2.75, 3.05) is 19.8 Å². The highest BCUT2D eigenvalue weighted by Gasteiger charge is 2.20. The van der Waals surface area contributed by atoms with Gasteiger partial charge in [-0.05, 0) is 39.7 Å². The van der Waals surface area contributed by atoms with Gasteiger partial charge in [0.25, 0.3) is 0 Å². The second kappa shape index (κ2) is 8.08. The van der Waals surface area contributed by atoms with E-state index in [4.69, 9.17) is 4.74 Å². The van der Waals surface area contributed by atoms with Gasteiger partial charge >= 0.3 is 0 Å². The molecule has 0 aromatic carbocycles. The summed E-state index contributed by atoms with van der Waals surface area (Å²) in [5, 5.41) is 12.6. The van der Waals surface area contributed by atoms with Crippen molar-refractivity contribution in [2.24, 2.45) is 0 Å². The van der Waals surface area contributed by atoms with E-state index in [0.29, 0.717) is 6.10 Å². The van der Waals surface area contributed by atoms with E-state index in [9.17, 15) is 5.11 Å². The first kappa shape index (κ1) is 14.9. The minimum Gasteiger partial charge on any atom is -0.394 e. The normalized spacial score (nSPS) is 17.4. The zero-order chi connectivity index (χ0) is 11.7. The fourth-order valence-electron chi connectivity index (χ4n) is 1.51. The Morgan fingerprint density at radius 3 is 2.53 bits per heavy atom. The van der Waals surface area contributed by atoms with Gasteiger partial charge in [-0.2, -0.15) is 0 Å². The van der Waals surface area contributed by atoms with Crippen LogP contribution in [0.25, 0.3) is 0 Å². The first-order valence-corrected chi connectivity index (χ1v) is 6.05. The fourth-order valence-corrected chi connectivity index (χ4v) is 1.51. The van der Waals surface area contributed by atoms with Crippen molar-refractivity contribution in [1.29, 1.82) is 0 Å². The SMILES string of the molecule is CCNC(C)(CO)CCCOC(C)CC. The number of likely N-dealkylation sites (N-methyl/N-ethyl adjacent to an activating group) is 1. The Labute approximate surface area is 94.2 Å². The molecule has 0 aliphatic carbocycles. The molecule has 0 amide bonds. The molecule has 0 fully saturated rings. The molecule has 0 aliphatic heterocycles. The summed E-state index contributed by atoms with van der Waals surface area (Å²) < 4.78 is 5.60. The van der Waals surface area contributed by atoms with Gasteiger partial charge < -0.3 is 15.2 Å². The number of rotatable bonds is 9. The van der Waals surface area contributed by atoms with Crippen molar-refractivity contribution in [3.05, 3.63) is 0 Å². The number of aliphatic hydroxyl groups excluding tert-OH is 1. The third-order valence-corrected chi connectivity index (χ3v) is 2.80. The van der Waals surface area contributed by atoms with E-state index >= 15 is 0 Å². The van der Waals surface area contributed by atoms with E-state index in [0.717, 1.165) is 32.4 Å². The fraction of sp³-hybridized carbons (Fsp3) is 1.00. The molecule has 0 bridgehead atoms.